The molecule has 106 valence electrons. The molecule has 1 N–H and O–H groups in total. The van der Waals surface area contributed by atoms with Gasteiger partial charge >= 0.3 is 0 Å². The van der Waals surface area contributed by atoms with Crippen molar-refractivity contribution in [3.05, 3.63) is 28.8 Å². The van der Waals surface area contributed by atoms with Gasteiger partial charge in [-0.3, -0.25) is 4.90 Å². The average Bonchev–Trinajstić information content (AvgIpc) is 2.92. The molecule has 1 aromatic carbocycles. The van der Waals surface area contributed by atoms with Crippen molar-refractivity contribution >= 4 is 11.6 Å². The minimum Gasteiger partial charge on any atom is -0.496 e. The summed E-state index contributed by atoms with van der Waals surface area (Å²) >= 11 is 6.30. The molecular formula is C15H23ClN2O. The third-order valence-electron chi connectivity index (χ3n) is 3.77. The van der Waals surface area contributed by atoms with Crippen molar-refractivity contribution in [1.29, 1.82) is 0 Å². The van der Waals surface area contributed by atoms with E-state index in [4.69, 9.17) is 16.3 Å². The van der Waals surface area contributed by atoms with Crippen LogP contribution in [0.25, 0.3) is 0 Å². The second kappa shape index (κ2) is 7.13. The summed E-state index contributed by atoms with van der Waals surface area (Å²) in [5.74, 6) is 0.880. The van der Waals surface area contributed by atoms with Crippen LogP contribution < -0.4 is 10.1 Å². The molecule has 0 bridgehead atoms. The number of hydrogen-bond donors (Lipinski definition) is 1. The van der Waals surface area contributed by atoms with Gasteiger partial charge in [-0.05, 0) is 38.1 Å². The molecule has 1 aromatic rings. The average molecular weight is 283 g/mol. The highest BCUT2D eigenvalue weighted by molar-refractivity contribution is 6.31. The van der Waals surface area contributed by atoms with Gasteiger partial charge in [-0.15, -0.1) is 0 Å². The molecule has 4 heteroatoms. The molecule has 19 heavy (non-hydrogen) atoms. The summed E-state index contributed by atoms with van der Waals surface area (Å²) < 4.78 is 5.41. The highest BCUT2D eigenvalue weighted by atomic mass is 35.5. The Labute approximate surface area is 120 Å². The molecule has 1 heterocycles. The molecule has 0 spiro atoms. The second-order valence-electron chi connectivity index (χ2n) is 5.04. The third kappa shape index (κ3) is 3.85. The van der Waals surface area contributed by atoms with Crippen molar-refractivity contribution in [1.82, 2.24) is 10.2 Å². The van der Waals surface area contributed by atoms with Crippen LogP contribution >= 0.6 is 11.6 Å². The molecule has 1 aliphatic rings. The van der Waals surface area contributed by atoms with Gasteiger partial charge < -0.3 is 10.1 Å². The number of nitrogens with zero attached hydrogens (tertiary/aromatic N) is 1. The molecule has 0 amide bonds. The van der Waals surface area contributed by atoms with E-state index < -0.39 is 0 Å². The Morgan fingerprint density at radius 3 is 2.95 bits per heavy atom. The zero-order valence-corrected chi connectivity index (χ0v) is 12.5. The molecule has 0 aromatic heterocycles. The van der Waals surface area contributed by atoms with Crippen LogP contribution in [0.5, 0.6) is 5.75 Å². The monoisotopic (exact) mass is 282 g/mol. The number of nitrogens with one attached hydrogen (secondary N) is 1. The number of benzene rings is 1. The van der Waals surface area contributed by atoms with Gasteiger partial charge in [-0.2, -0.15) is 0 Å². The first-order valence-electron chi connectivity index (χ1n) is 7.01. The maximum atomic E-state index is 6.30. The zero-order valence-electron chi connectivity index (χ0n) is 11.8. The number of methoxy groups -OCH3 is 1. The molecule has 2 rings (SSSR count). The highest BCUT2D eigenvalue weighted by Crippen LogP contribution is 2.27. The van der Waals surface area contributed by atoms with Gasteiger partial charge in [-0.1, -0.05) is 24.6 Å². The summed E-state index contributed by atoms with van der Waals surface area (Å²) in [5, 5.41) is 4.33. The highest BCUT2D eigenvalue weighted by Gasteiger charge is 2.19. The van der Waals surface area contributed by atoms with Crippen molar-refractivity contribution in [2.45, 2.75) is 32.4 Å². The Bertz CT molecular complexity index is 405. The number of rotatable bonds is 6. The molecule has 1 fully saturated rings. The van der Waals surface area contributed by atoms with Gasteiger partial charge in [0.15, 0.2) is 0 Å². The Kier molecular flexibility index (Phi) is 5.49. The Hall–Kier alpha value is -0.770. The lowest BCUT2D eigenvalue weighted by Crippen LogP contribution is -2.37. The van der Waals surface area contributed by atoms with Crippen LogP contribution in [-0.2, 0) is 6.54 Å². The van der Waals surface area contributed by atoms with Crippen LogP contribution in [0.3, 0.4) is 0 Å². The summed E-state index contributed by atoms with van der Waals surface area (Å²) in [5.41, 5.74) is 1.09. The van der Waals surface area contributed by atoms with Crippen molar-refractivity contribution < 1.29 is 4.74 Å². The molecule has 0 saturated carbocycles. The minimum absolute atomic E-state index is 0.619. The first-order chi connectivity index (χ1) is 9.24. The van der Waals surface area contributed by atoms with Crippen LogP contribution in [0.2, 0.25) is 5.02 Å². The van der Waals surface area contributed by atoms with E-state index in [-0.39, 0.29) is 0 Å². The molecule has 3 nitrogen and oxygen atoms in total. The van der Waals surface area contributed by atoms with Gasteiger partial charge in [0.1, 0.15) is 5.75 Å². The maximum Gasteiger partial charge on any atom is 0.124 e. The summed E-state index contributed by atoms with van der Waals surface area (Å²) in [6.07, 6.45) is 2.56. The largest absolute Gasteiger partial charge is 0.496 e. The maximum absolute atomic E-state index is 6.30. The fraction of sp³-hybridized carbons (Fsp3) is 0.600. The van der Waals surface area contributed by atoms with Gasteiger partial charge in [-0.25, -0.2) is 0 Å². The van der Waals surface area contributed by atoms with Gasteiger partial charge in [0, 0.05) is 29.7 Å². The van der Waals surface area contributed by atoms with E-state index in [2.05, 4.69) is 17.1 Å². The predicted molar refractivity (Wildman–Crippen MR) is 80.0 cm³/mol. The third-order valence-corrected chi connectivity index (χ3v) is 4.12. The van der Waals surface area contributed by atoms with E-state index in [1.165, 1.54) is 12.8 Å². The lowest BCUT2D eigenvalue weighted by molar-refractivity contribution is 0.249. The van der Waals surface area contributed by atoms with Crippen molar-refractivity contribution in [3.63, 3.8) is 0 Å². The van der Waals surface area contributed by atoms with Crippen LogP contribution in [0.1, 0.15) is 25.3 Å². The normalized spacial score (nSPS) is 19.1. The second-order valence-corrected chi connectivity index (χ2v) is 5.45. The molecule has 0 aliphatic carbocycles. The Balaban J connectivity index is 2.04. The summed E-state index contributed by atoms with van der Waals surface area (Å²) in [4.78, 5) is 2.42. The van der Waals surface area contributed by atoms with Gasteiger partial charge in [0.2, 0.25) is 0 Å². The van der Waals surface area contributed by atoms with Crippen molar-refractivity contribution in [2.75, 3.05) is 26.7 Å². The van der Waals surface area contributed by atoms with E-state index in [0.29, 0.717) is 6.04 Å². The Morgan fingerprint density at radius 1 is 1.47 bits per heavy atom. The number of ether oxygens (including phenoxy) is 1. The summed E-state index contributed by atoms with van der Waals surface area (Å²) in [7, 11) is 1.70. The molecule has 1 atom stereocenters. The van der Waals surface area contributed by atoms with Crippen molar-refractivity contribution in [2.24, 2.45) is 0 Å². The van der Waals surface area contributed by atoms with E-state index in [0.717, 1.165) is 42.5 Å². The minimum atomic E-state index is 0.619. The van der Waals surface area contributed by atoms with Gasteiger partial charge in [0.05, 0.1) is 7.11 Å². The Morgan fingerprint density at radius 2 is 2.32 bits per heavy atom. The van der Waals surface area contributed by atoms with E-state index >= 15 is 0 Å². The predicted octanol–water partition coefficient (Wildman–Crippen LogP) is 2.92. The molecule has 1 aliphatic heterocycles. The van der Waals surface area contributed by atoms with E-state index in [1.54, 1.807) is 7.11 Å². The lowest BCUT2D eigenvalue weighted by atomic mass is 10.1. The number of halogens is 1. The lowest BCUT2D eigenvalue weighted by Gasteiger charge is -2.25. The zero-order chi connectivity index (χ0) is 13.7. The fourth-order valence-electron chi connectivity index (χ4n) is 2.64. The fourth-order valence-corrected chi connectivity index (χ4v) is 2.86. The summed E-state index contributed by atoms with van der Waals surface area (Å²) in [6.45, 7) is 6.28. The quantitative estimate of drug-likeness (QED) is 0.868. The van der Waals surface area contributed by atoms with Crippen molar-refractivity contribution in [3.8, 4) is 5.75 Å². The van der Waals surface area contributed by atoms with E-state index in [1.807, 2.05) is 18.2 Å². The van der Waals surface area contributed by atoms with Crippen LogP contribution in [0.15, 0.2) is 18.2 Å². The first-order valence-corrected chi connectivity index (χ1v) is 7.39. The SMILES string of the molecule is CCN(Cc1c(Cl)cccc1OC)CC1CCCN1. The molecular weight excluding hydrogens is 260 g/mol. The topological polar surface area (TPSA) is 24.5 Å². The van der Waals surface area contributed by atoms with Crippen LogP contribution in [-0.4, -0.2) is 37.7 Å². The van der Waals surface area contributed by atoms with Crippen LogP contribution in [0, 0.1) is 0 Å². The van der Waals surface area contributed by atoms with Crippen LogP contribution in [0.4, 0.5) is 0 Å². The smallest absolute Gasteiger partial charge is 0.124 e. The molecule has 0 radical (unpaired) electrons. The molecule has 1 saturated heterocycles. The molecule has 1 unspecified atom stereocenters. The van der Waals surface area contributed by atoms with E-state index in [9.17, 15) is 0 Å². The van der Waals surface area contributed by atoms with Gasteiger partial charge in [0.25, 0.3) is 0 Å². The number of hydrogen-bond acceptors (Lipinski definition) is 3. The number of likely N-dealkylation sites (N-methyl/N-ethyl adjacent to an activating group) is 1. The standard InChI is InChI=1S/C15H23ClN2O/c1-3-18(10-12-6-5-9-17-12)11-13-14(16)7-4-8-15(13)19-2/h4,7-8,12,17H,3,5-6,9-11H2,1-2H3. The summed E-state index contributed by atoms with van der Waals surface area (Å²) in [6, 6.07) is 6.46. The first kappa shape index (κ1) is 14.6.